The highest BCUT2D eigenvalue weighted by atomic mass is 35.5. The first kappa shape index (κ1) is 30.4. The number of aromatic carboxylic acids is 1. The molecule has 3 rings (SSSR count). The van der Waals surface area contributed by atoms with Gasteiger partial charge in [-0.2, -0.15) is 0 Å². The number of nitrogens with one attached hydrogen (secondary N) is 2. The second-order valence-electron chi connectivity index (χ2n) is 8.59. The number of nitrogens with zero attached hydrogens (tertiary/aromatic N) is 1. The molecule has 3 N–H and O–H groups in total. The van der Waals surface area contributed by atoms with Gasteiger partial charge >= 0.3 is 12.0 Å². The fourth-order valence-corrected chi connectivity index (χ4v) is 3.81. The largest absolute Gasteiger partial charge is 0.487 e. The molecule has 0 aliphatic carbocycles. The Morgan fingerprint density at radius 1 is 1.08 bits per heavy atom. The van der Waals surface area contributed by atoms with Crippen molar-refractivity contribution < 1.29 is 23.8 Å². The Labute approximate surface area is 226 Å². The lowest BCUT2D eigenvalue weighted by Gasteiger charge is -2.17. The number of aromatic nitrogens is 1. The fraction of sp³-hybridized carbons (Fsp3) is 0.321. The molecule has 2 amide bonds. The van der Waals surface area contributed by atoms with Crippen LogP contribution in [-0.4, -0.2) is 27.7 Å². The number of ether oxygens (including phenoxy) is 1. The van der Waals surface area contributed by atoms with Crippen LogP contribution in [0.4, 0.5) is 9.18 Å². The second kappa shape index (κ2) is 13.6. The number of carbonyl (C=O) groups excluding carboxylic acids is 1. The molecule has 1 heterocycles. The molecule has 204 valence electrons. The Hall–Kier alpha value is -3.85. The van der Waals surface area contributed by atoms with E-state index in [1.165, 1.54) is 34.9 Å². The number of urea groups is 1. The van der Waals surface area contributed by atoms with Crippen molar-refractivity contribution in [2.75, 3.05) is 0 Å². The van der Waals surface area contributed by atoms with Gasteiger partial charge in [-0.3, -0.25) is 9.36 Å². The van der Waals surface area contributed by atoms with E-state index in [-0.39, 0.29) is 41.6 Å². The zero-order valence-electron chi connectivity index (χ0n) is 22.3. The standard InChI is InChI=1S/C26H27ClFN3O5.C2H6/c1-14(2)30-26(35)29-12-19-10-20(28)8-7-18(19)13-36-22-9-16(4)31(24(32)23(22)27)21-11-17(25(33)34)6-5-15(21)3;1-2/h5-11,14H,12-13H2,1-4H3,(H,33,34)(H2,29,30,35);1-2H3. The van der Waals surface area contributed by atoms with E-state index < -0.39 is 17.3 Å². The zero-order valence-corrected chi connectivity index (χ0v) is 23.1. The number of hydrogen-bond donors (Lipinski definition) is 3. The third-order valence-electron chi connectivity index (χ3n) is 5.41. The summed E-state index contributed by atoms with van der Waals surface area (Å²) in [5.41, 5.74) is 2.16. The van der Waals surface area contributed by atoms with E-state index in [0.717, 1.165) is 0 Å². The highest BCUT2D eigenvalue weighted by Gasteiger charge is 2.17. The van der Waals surface area contributed by atoms with Gasteiger partial charge in [0, 0.05) is 24.3 Å². The summed E-state index contributed by atoms with van der Waals surface area (Å²) in [6.07, 6.45) is 0. The van der Waals surface area contributed by atoms with E-state index in [1.54, 1.807) is 26.0 Å². The minimum atomic E-state index is -1.11. The number of benzene rings is 2. The van der Waals surface area contributed by atoms with Crippen molar-refractivity contribution >= 4 is 23.6 Å². The maximum atomic E-state index is 13.9. The molecule has 2 aromatic carbocycles. The molecule has 8 nitrogen and oxygen atoms in total. The lowest BCUT2D eigenvalue weighted by molar-refractivity contribution is 0.0696. The molecule has 3 aromatic rings. The van der Waals surface area contributed by atoms with Crippen LogP contribution in [0.15, 0.2) is 47.3 Å². The number of rotatable bonds is 8. The number of amides is 2. The molecule has 0 bridgehead atoms. The summed E-state index contributed by atoms with van der Waals surface area (Å²) >= 11 is 6.36. The third kappa shape index (κ3) is 7.58. The molecule has 0 aliphatic rings. The molecular formula is C28H33ClFN3O5. The van der Waals surface area contributed by atoms with E-state index in [9.17, 15) is 23.9 Å². The van der Waals surface area contributed by atoms with Crippen molar-refractivity contribution in [1.82, 2.24) is 15.2 Å². The molecule has 0 atom stereocenters. The van der Waals surface area contributed by atoms with Crippen molar-refractivity contribution in [2.45, 2.75) is 60.7 Å². The molecule has 0 saturated heterocycles. The summed E-state index contributed by atoms with van der Waals surface area (Å²) in [6.45, 7) is 11.1. The molecule has 1 aromatic heterocycles. The van der Waals surface area contributed by atoms with Crippen LogP contribution in [0.3, 0.4) is 0 Å². The average Bonchev–Trinajstić information content (AvgIpc) is 2.86. The molecule has 10 heteroatoms. The van der Waals surface area contributed by atoms with Gasteiger partial charge < -0.3 is 20.5 Å². The number of carboxylic acid groups (broad SMARTS) is 1. The molecular weight excluding hydrogens is 513 g/mol. The predicted molar refractivity (Wildman–Crippen MR) is 146 cm³/mol. The van der Waals surface area contributed by atoms with Crippen LogP contribution in [0, 0.1) is 19.7 Å². The molecule has 0 unspecified atom stereocenters. The van der Waals surface area contributed by atoms with Crippen LogP contribution in [-0.2, 0) is 13.2 Å². The monoisotopic (exact) mass is 545 g/mol. The van der Waals surface area contributed by atoms with E-state index in [1.807, 2.05) is 27.7 Å². The number of pyridine rings is 1. The topological polar surface area (TPSA) is 110 Å². The maximum Gasteiger partial charge on any atom is 0.335 e. The minimum absolute atomic E-state index is 0.0285. The zero-order chi connectivity index (χ0) is 28.6. The number of carbonyl (C=O) groups is 2. The molecule has 0 saturated carbocycles. The Bertz CT molecular complexity index is 1370. The van der Waals surface area contributed by atoms with E-state index >= 15 is 0 Å². The van der Waals surface area contributed by atoms with Gasteiger partial charge in [-0.15, -0.1) is 0 Å². The number of aryl methyl sites for hydroxylation is 2. The van der Waals surface area contributed by atoms with Gasteiger partial charge in [-0.05, 0) is 68.7 Å². The van der Waals surface area contributed by atoms with Crippen molar-refractivity contribution in [1.29, 1.82) is 0 Å². The van der Waals surface area contributed by atoms with Crippen molar-refractivity contribution in [2.24, 2.45) is 0 Å². The summed E-state index contributed by atoms with van der Waals surface area (Å²) in [5.74, 6) is -1.45. The van der Waals surface area contributed by atoms with Crippen LogP contribution in [0.25, 0.3) is 5.69 Å². The van der Waals surface area contributed by atoms with Crippen molar-refractivity contribution in [3.05, 3.63) is 91.6 Å². The number of carboxylic acids is 1. The summed E-state index contributed by atoms with van der Waals surface area (Å²) in [6, 6.07) is 9.75. The van der Waals surface area contributed by atoms with Gasteiger partial charge in [0.15, 0.2) is 0 Å². The van der Waals surface area contributed by atoms with Crippen LogP contribution in [0.5, 0.6) is 5.75 Å². The van der Waals surface area contributed by atoms with Crippen molar-refractivity contribution in [3.8, 4) is 11.4 Å². The van der Waals surface area contributed by atoms with Crippen LogP contribution in [0.2, 0.25) is 5.02 Å². The summed E-state index contributed by atoms with van der Waals surface area (Å²) in [4.78, 5) is 36.5. The van der Waals surface area contributed by atoms with Gasteiger partial charge in [0.2, 0.25) is 0 Å². The first-order valence-electron chi connectivity index (χ1n) is 12.2. The van der Waals surface area contributed by atoms with E-state index in [0.29, 0.717) is 28.1 Å². The lowest BCUT2D eigenvalue weighted by atomic mass is 10.1. The smallest absolute Gasteiger partial charge is 0.335 e. The SMILES string of the molecule is CC.Cc1ccc(C(=O)O)cc1-n1c(C)cc(OCc2ccc(F)cc2CNC(=O)NC(C)C)c(Cl)c1=O. The molecule has 0 fully saturated rings. The molecule has 38 heavy (non-hydrogen) atoms. The quantitative estimate of drug-likeness (QED) is 0.333. The molecule has 0 aliphatic heterocycles. The van der Waals surface area contributed by atoms with E-state index in [2.05, 4.69) is 10.6 Å². The predicted octanol–water partition coefficient (Wildman–Crippen LogP) is 5.76. The van der Waals surface area contributed by atoms with Gasteiger partial charge in [0.1, 0.15) is 23.2 Å². The van der Waals surface area contributed by atoms with E-state index in [4.69, 9.17) is 16.3 Å². The lowest BCUT2D eigenvalue weighted by Crippen LogP contribution is -2.39. The highest BCUT2D eigenvalue weighted by Crippen LogP contribution is 2.26. The van der Waals surface area contributed by atoms with Crippen LogP contribution in [0.1, 0.15) is 60.4 Å². The number of halogens is 2. The number of hydrogen-bond acceptors (Lipinski definition) is 4. The third-order valence-corrected chi connectivity index (χ3v) is 5.76. The summed E-state index contributed by atoms with van der Waals surface area (Å²) < 4.78 is 21.0. The molecule has 0 radical (unpaired) electrons. The Morgan fingerprint density at radius 2 is 1.76 bits per heavy atom. The van der Waals surface area contributed by atoms with Gasteiger partial charge in [-0.25, -0.2) is 14.0 Å². The van der Waals surface area contributed by atoms with Gasteiger partial charge in [0.05, 0.1) is 11.3 Å². The summed E-state index contributed by atoms with van der Waals surface area (Å²) in [7, 11) is 0. The minimum Gasteiger partial charge on any atom is -0.487 e. The summed E-state index contributed by atoms with van der Waals surface area (Å²) in [5, 5.41) is 14.5. The molecule has 0 spiro atoms. The van der Waals surface area contributed by atoms with Crippen LogP contribution >= 0.6 is 11.6 Å². The van der Waals surface area contributed by atoms with Crippen molar-refractivity contribution in [3.63, 3.8) is 0 Å². The van der Waals surface area contributed by atoms with Gasteiger partial charge in [-0.1, -0.05) is 37.6 Å². The first-order valence-corrected chi connectivity index (χ1v) is 12.6. The van der Waals surface area contributed by atoms with Gasteiger partial charge in [0.25, 0.3) is 5.56 Å². The Balaban J connectivity index is 0.00000247. The van der Waals surface area contributed by atoms with Crippen LogP contribution < -0.4 is 20.9 Å². The Kier molecular flexibility index (Phi) is 10.9. The normalized spacial score (nSPS) is 10.4. The average molecular weight is 546 g/mol. The highest BCUT2D eigenvalue weighted by molar-refractivity contribution is 6.31. The first-order chi connectivity index (χ1) is 18.0. The Morgan fingerprint density at radius 3 is 2.39 bits per heavy atom. The fourth-order valence-electron chi connectivity index (χ4n) is 3.61. The maximum absolute atomic E-state index is 13.9. The second-order valence-corrected chi connectivity index (χ2v) is 8.97.